The van der Waals surface area contributed by atoms with Gasteiger partial charge in [0, 0.05) is 36.5 Å². The van der Waals surface area contributed by atoms with Crippen LogP contribution < -0.4 is 11.1 Å². The molecule has 2 atom stereocenters. The van der Waals surface area contributed by atoms with Crippen molar-refractivity contribution in [3.05, 3.63) is 23.8 Å². The van der Waals surface area contributed by atoms with Gasteiger partial charge in [-0.1, -0.05) is 6.07 Å². The van der Waals surface area contributed by atoms with E-state index < -0.39 is 0 Å². The van der Waals surface area contributed by atoms with Gasteiger partial charge in [0.1, 0.15) is 0 Å². The van der Waals surface area contributed by atoms with Gasteiger partial charge in [0.2, 0.25) is 5.91 Å². The average molecular weight is 290 g/mol. The van der Waals surface area contributed by atoms with Crippen molar-refractivity contribution in [1.29, 1.82) is 0 Å². The Kier molecular flexibility index (Phi) is 4.85. The van der Waals surface area contributed by atoms with Crippen LogP contribution in [0.25, 0.3) is 0 Å². The molecule has 2 unspecified atom stereocenters. The Balaban J connectivity index is 1.94. The van der Waals surface area contributed by atoms with Crippen LogP contribution in [0.3, 0.4) is 0 Å². The molecule has 0 bridgehead atoms. The van der Waals surface area contributed by atoms with Crippen molar-refractivity contribution in [3.8, 4) is 0 Å². The van der Waals surface area contributed by atoms with Crippen molar-refractivity contribution in [2.75, 3.05) is 37.7 Å². The fraction of sp³-hybridized carbons (Fsp3) is 0.562. The van der Waals surface area contributed by atoms with E-state index in [1.807, 2.05) is 25.1 Å². The number of nitrogens with one attached hydrogen (secondary N) is 1. The van der Waals surface area contributed by atoms with Crippen molar-refractivity contribution >= 4 is 17.3 Å². The summed E-state index contributed by atoms with van der Waals surface area (Å²) < 4.78 is 0. The molecule has 1 saturated heterocycles. The molecule has 1 fully saturated rings. The van der Waals surface area contributed by atoms with Crippen LogP contribution in [0.5, 0.6) is 0 Å². The molecule has 0 aliphatic carbocycles. The lowest BCUT2D eigenvalue weighted by molar-refractivity contribution is -0.118. The molecule has 116 valence electrons. The van der Waals surface area contributed by atoms with Crippen LogP contribution in [0, 0.1) is 6.92 Å². The first-order valence-corrected chi connectivity index (χ1v) is 7.47. The predicted molar refractivity (Wildman–Crippen MR) is 87.3 cm³/mol. The van der Waals surface area contributed by atoms with Crippen LogP contribution in [0.15, 0.2) is 18.2 Å². The summed E-state index contributed by atoms with van der Waals surface area (Å²) in [5.41, 5.74) is 8.26. The molecule has 5 heteroatoms. The van der Waals surface area contributed by atoms with Gasteiger partial charge in [-0.15, -0.1) is 0 Å². The minimum Gasteiger partial charge on any atom is -0.399 e. The summed E-state index contributed by atoms with van der Waals surface area (Å²) in [6.07, 6.45) is 0. The molecule has 5 nitrogen and oxygen atoms in total. The molecule has 0 aromatic heterocycles. The van der Waals surface area contributed by atoms with Crippen LogP contribution in [0.4, 0.5) is 11.4 Å². The molecule has 1 aromatic carbocycles. The Labute approximate surface area is 127 Å². The highest BCUT2D eigenvalue weighted by molar-refractivity contribution is 5.93. The lowest BCUT2D eigenvalue weighted by atomic mass is 10.1. The number of carbonyl (C=O) groups excluding carboxylic acids is 1. The number of nitrogens with zero attached hydrogens (tertiary/aromatic N) is 2. The molecular weight excluding hydrogens is 264 g/mol. The summed E-state index contributed by atoms with van der Waals surface area (Å²) in [7, 11) is 2.14. The van der Waals surface area contributed by atoms with Crippen molar-refractivity contribution in [2.45, 2.75) is 32.9 Å². The number of carbonyl (C=O) groups is 1. The minimum absolute atomic E-state index is 0.0210. The second-order valence-corrected chi connectivity index (χ2v) is 6.18. The van der Waals surface area contributed by atoms with E-state index in [4.69, 9.17) is 5.73 Å². The lowest BCUT2D eigenvalue weighted by Gasteiger charge is -2.42. The second-order valence-electron chi connectivity index (χ2n) is 6.18. The lowest BCUT2D eigenvalue weighted by Crippen LogP contribution is -2.56. The Hall–Kier alpha value is -1.59. The summed E-state index contributed by atoms with van der Waals surface area (Å²) in [6.45, 7) is 8.63. The molecule has 3 N–H and O–H groups in total. The highest BCUT2D eigenvalue weighted by Gasteiger charge is 2.27. The van der Waals surface area contributed by atoms with E-state index >= 15 is 0 Å². The maximum absolute atomic E-state index is 12.2. The number of benzene rings is 1. The SMILES string of the molecule is Cc1ccc(N)cc1NC(=O)CN1CC(C)N(C)C(C)C1. The van der Waals surface area contributed by atoms with E-state index in [9.17, 15) is 4.79 Å². The number of piperazine rings is 1. The first kappa shape index (κ1) is 15.8. The predicted octanol–water partition coefficient (Wildman–Crippen LogP) is 1.54. The van der Waals surface area contributed by atoms with Crippen LogP contribution in [-0.2, 0) is 4.79 Å². The van der Waals surface area contributed by atoms with E-state index in [0.717, 1.165) is 24.3 Å². The fourth-order valence-corrected chi connectivity index (χ4v) is 2.81. The van der Waals surface area contributed by atoms with Gasteiger partial charge < -0.3 is 11.1 Å². The van der Waals surface area contributed by atoms with E-state index in [-0.39, 0.29) is 5.91 Å². The van der Waals surface area contributed by atoms with Crippen LogP contribution in [0.1, 0.15) is 19.4 Å². The molecule has 0 radical (unpaired) electrons. The van der Waals surface area contributed by atoms with Gasteiger partial charge >= 0.3 is 0 Å². The Morgan fingerprint density at radius 2 is 1.95 bits per heavy atom. The van der Waals surface area contributed by atoms with E-state index in [0.29, 0.717) is 24.3 Å². The topological polar surface area (TPSA) is 61.6 Å². The van der Waals surface area contributed by atoms with Crippen molar-refractivity contribution in [3.63, 3.8) is 0 Å². The van der Waals surface area contributed by atoms with E-state index in [1.54, 1.807) is 0 Å². The highest BCUT2D eigenvalue weighted by atomic mass is 16.2. The minimum atomic E-state index is 0.0210. The molecule has 1 aromatic rings. The molecule has 1 aliphatic rings. The zero-order valence-electron chi connectivity index (χ0n) is 13.4. The molecule has 1 heterocycles. The van der Waals surface area contributed by atoms with E-state index in [1.165, 1.54) is 0 Å². The second kappa shape index (κ2) is 6.45. The van der Waals surface area contributed by atoms with Gasteiger partial charge in [-0.05, 0) is 45.5 Å². The number of nitrogens with two attached hydrogens (primary N) is 1. The number of anilines is 2. The van der Waals surface area contributed by atoms with Gasteiger partial charge in [-0.25, -0.2) is 0 Å². The third-order valence-corrected chi connectivity index (χ3v) is 4.34. The number of hydrogen-bond donors (Lipinski definition) is 2. The van der Waals surface area contributed by atoms with Crippen molar-refractivity contribution in [2.24, 2.45) is 0 Å². The molecule has 1 aliphatic heterocycles. The summed E-state index contributed by atoms with van der Waals surface area (Å²) in [4.78, 5) is 16.8. The number of likely N-dealkylation sites (N-methyl/N-ethyl adjacent to an activating group) is 1. The first-order valence-electron chi connectivity index (χ1n) is 7.47. The number of hydrogen-bond acceptors (Lipinski definition) is 4. The molecule has 21 heavy (non-hydrogen) atoms. The maximum Gasteiger partial charge on any atom is 0.238 e. The molecular formula is C16H26N4O. The van der Waals surface area contributed by atoms with Crippen molar-refractivity contribution < 1.29 is 4.79 Å². The molecule has 2 rings (SSSR count). The number of rotatable bonds is 3. The summed E-state index contributed by atoms with van der Waals surface area (Å²) >= 11 is 0. The zero-order chi connectivity index (χ0) is 15.6. The van der Waals surface area contributed by atoms with Gasteiger partial charge in [0.25, 0.3) is 0 Å². The van der Waals surface area contributed by atoms with Crippen LogP contribution >= 0.6 is 0 Å². The molecule has 0 spiro atoms. The van der Waals surface area contributed by atoms with Gasteiger partial charge in [-0.3, -0.25) is 14.6 Å². The molecule has 1 amide bonds. The average Bonchev–Trinajstić information content (AvgIpc) is 2.40. The zero-order valence-corrected chi connectivity index (χ0v) is 13.4. The quantitative estimate of drug-likeness (QED) is 0.829. The third kappa shape index (κ3) is 3.95. The van der Waals surface area contributed by atoms with Gasteiger partial charge in [-0.2, -0.15) is 0 Å². The number of nitrogen functional groups attached to an aromatic ring is 1. The normalized spacial score (nSPS) is 24.0. The Morgan fingerprint density at radius 1 is 1.33 bits per heavy atom. The van der Waals surface area contributed by atoms with Crippen LogP contribution in [0.2, 0.25) is 0 Å². The van der Waals surface area contributed by atoms with Gasteiger partial charge in [0.15, 0.2) is 0 Å². The number of aryl methyl sites for hydroxylation is 1. The highest BCUT2D eigenvalue weighted by Crippen LogP contribution is 2.18. The Morgan fingerprint density at radius 3 is 2.57 bits per heavy atom. The summed E-state index contributed by atoms with van der Waals surface area (Å²) in [6, 6.07) is 6.51. The summed E-state index contributed by atoms with van der Waals surface area (Å²) in [5, 5.41) is 2.96. The maximum atomic E-state index is 12.2. The smallest absolute Gasteiger partial charge is 0.238 e. The van der Waals surface area contributed by atoms with E-state index in [2.05, 4.69) is 36.0 Å². The fourth-order valence-electron chi connectivity index (χ4n) is 2.81. The standard InChI is InChI=1S/C16H26N4O/c1-11-5-6-14(17)7-15(11)18-16(21)10-20-8-12(2)19(4)13(3)9-20/h5-7,12-13H,8-10,17H2,1-4H3,(H,18,21). The summed E-state index contributed by atoms with van der Waals surface area (Å²) in [5.74, 6) is 0.0210. The molecule has 0 saturated carbocycles. The first-order chi connectivity index (χ1) is 9.86. The Bertz CT molecular complexity index is 505. The largest absolute Gasteiger partial charge is 0.399 e. The third-order valence-electron chi connectivity index (χ3n) is 4.34. The van der Waals surface area contributed by atoms with Crippen molar-refractivity contribution in [1.82, 2.24) is 9.80 Å². The van der Waals surface area contributed by atoms with Crippen LogP contribution in [-0.4, -0.2) is 54.5 Å². The monoisotopic (exact) mass is 290 g/mol. The van der Waals surface area contributed by atoms with Gasteiger partial charge in [0.05, 0.1) is 6.54 Å². The number of amides is 1.